The highest BCUT2D eigenvalue weighted by Crippen LogP contribution is 2.08. The summed E-state index contributed by atoms with van der Waals surface area (Å²) in [5.74, 6) is -5.07. The van der Waals surface area contributed by atoms with Crippen LogP contribution < -0.4 is 38.5 Å². The number of amides is 4. The maximum absolute atomic E-state index is 13.0. The van der Waals surface area contributed by atoms with Gasteiger partial charge in [0.25, 0.3) is 0 Å². The minimum absolute atomic E-state index is 0.00926. The highest BCUT2D eigenvalue weighted by Gasteiger charge is 2.31. The van der Waals surface area contributed by atoms with Gasteiger partial charge in [-0.3, -0.25) is 24.2 Å². The van der Waals surface area contributed by atoms with Crippen LogP contribution in [0, 0.1) is 5.92 Å². The summed E-state index contributed by atoms with van der Waals surface area (Å²) < 4.78 is 0. The number of aliphatic hydroxyl groups is 2. The molecule has 0 aliphatic rings. The molecule has 236 valence electrons. The highest BCUT2D eigenvalue weighted by atomic mass is 16.4. The Morgan fingerprint density at radius 3 is 1.90 bits per heavy atom. The van der Waals surface area contributed by atoms with Gasteiger partial charge in [0.2, 0.25) is 23.6 Å². The third kappa shape index (κ3) is 12.9. The molecule has 1 aromatic heterocycles. The van der Waals surface area contributed by atoms with E-state index in [-0.39, 0.29) is 44.1 Å². The van der Waals surface area contributed by atoms with E-state index in [1.54, 1.807) is 13.8 Å². The average Bonchev–Trinajstić information content (AvgIpc) is 3.43. The molecule has 0 fully saturated rings. The summed E-state index contributed by atoms with van der Waals surface area (Å²) >= 11 is 0. The Kier molecular flexibility index (Phi) is 15.5. The number of nitrogens with one attached hydrogen (secondary N) is 5. The Labute approximate surface area is 242 Å². The maximum atomic E-state index is 13.0. The number of aromatic nitrogens is 2. The molecular weight excluding hydrogens is 556 g/mol. The van der Waals surface area contributed by atoms with Crippen LogP contribution in [-0.2, 0) is 30.4 Å². The van der Waals surface area contributed by atoms with E-state index in [2.05, 4.69) is 36.2 Å². The summed E-state index contributed by atoms with van der Waals surface area (Å²) in [5, 5.41) is 38.2. The standard InChI is InChI=1S/C24H42N10O8/c1-12(2)6-16(20(38)31-15(23(41)42)4-3-5-29-24(26)27)32-21(39)18(10-36)34-22(40)17(9-35)33-19(37)14(25)7-13-8-28-11-30-13/h8,11-12,14-18,35-36H,3-7,9-10,25H2,1-2H3,(H,28,30)(H,31,38)(H,32,39)(H,33,37)(H,34,40)(H,41,42)(H4,26,27,29)/t14-,15-,16-,17-,18-/m0/s1. The van der Waals surface area contributed by atoms with Crippen molar-refractivity contribution in [2.75, 3.05) is 19.8 Å². The molecule has 0 aromatic carbocycles. The molecule has 0 saturated carbocycles. The number of imidazole rings is 1. The molecule has 42 heavy (non-hydrogen) atoms. The largest absolute Gasteiger partial charge is 0.480 e. The van der Waals surface area contributed by atoms with Gasteiger partial charge in [0, 0.05) is 24.9 Å². The first-order valence-electron chi connectivity index (χ1n) is 13.2. The fraction of sp³-hybridized carbons (Fsp3) is 0.625. The Morgan fingerprint density at radius 2 is 1.43 bits per heavy atom. The van der Waals surface area contributed by atoms with E-state index < -0.39 is 73.0 Å². The van der Waals surface area contributed by atoms with Crippen molar-refractivity contribution in [2.45, 2.75) is 69.7 Å². The zero-order valence-electron chi connectivity index (χ0n) is 23.6. The number of nitrogens with two attached hydrogens (primary N) is 3. The van der Waals surface area contributed by atoms with Crippen molar-refractivity contribution in [1.29, 1.82) is 0 Å². The number of H-pyrrole nitrogens is 1. The van der Waals surface area contributed by atoms with Crippen LogP contribution in [0.5, 0.6) is 0 Å². The van der Waals surface area contributed by atoms with Gasteiger partial charge in [-0.1, -0.05) is 13.8 Å². The average molecular weight is 599 g/mol. The lowest BCUT2D eigenvalue weighted by atomic mass is 10.0. The van der Waals surface area contributed by atoms with E-state index in [0.29, 0.717) is 5.69 Å². The molecule has 18 nitrogen and oxygen atoms in total. The second-order valence-corrected chi connectivity index (χ2v) is 9.91. The number of rotatable bonds is 19. The molecule has 0 saturated heterocycles. The van der Waals surface area contributed by atoms with Crippen LogP contribution in [0.15, 0.2) is 17.5 Å². The molecule has 14 N–H and O–H groups in total. The monoisotopic (exact) mass is 598 g/mol. The fourth-order valence-corrected chi connectivity index (χ4v) is 3.67. The summed E-state index contributed by atoms with van der Waals surface area (Å²) in [6.07, 6.45) is 3.32. The number of carbonyl (C=O) groups excluding carboxylic acids is 4. The number of aliphatic hydroxyl groups excluding tert-OH is 2. The van der Waals surface area contributed by atoms with Gasteiger partial charge >= 0.3 is 5.97 Å². The predicted molar refractivity (Wildman–Crippen MR) is 149 cm³/mol. The molecule has 1 heterocycles. The van der Waals surface area contributed by atoms with Gasteiger partial charge in [0.15, 0.2) is 5.96 Å². The SMILES string of the molecule is CC(C)C[C@H](NC(=O)[C@H](CO)NC(=O)[C@H](CO)NC(=O)[C@@H](N)Cc1cnc[nH]1)C(=O)N[C@@H](CCCN=C(N)N)C(=O)O. The van der Waals surface area contributed by atoms with E-state index in [4.69, 9.17) is 17.2 Å². The van der Waals surface area contributed by atoms with Crippen LogP contribution >= 0.6 is 0 Å². The number of carboxylic acids is 1. The first kappa shape index (κ1) is 35.7. The van der Waals surface area contributed by atoms with E-state index in [1.165, 1.54) is 12.5 Å². The molecule has 0 spiro atoms. The number of aliphatic carboxylic acids is 1. The lowest BCUT2D eigenvalue weighted by molar-refractivity contribution is -0.142. The van der Waals surface area contributed by atoms with Crippen molar-refractivity contribution in [2.24, 2.45) is 28.1 Å². The lowest BCUT2D eigenvalue weighted by Gasteiger charge is -2.26. The van der Waals surface area contributed by atoms with Gasteiger partial charge in [-0.25, -0.2) is 9.78 Å². The van der Waals surface area contributed by atoms with Crippen LogP contribution in [0.4, 0.5) is 0 Å². The summed E-state index contributed by atoms with van der Waals surface area (Å²) in [6, 6.07) is -6.66. The number of guanidine groups is 1. The number of hydrogen-bond acceptors (Lipinski definition) is 10. The molecule has 18 heteroatoms. The van der Waals surface area contributed by atoms with Gasteiger partial charge in [0.1, 0.15) is 24.2 Å². The molecule has 0 radical (unpaired) electrons. The first-order valence-corrected chi connectivity index (χ1v) is 13.2. The zero-order valence-corrected chi connectivity index (χ0v) is 23.6. The number of aromatic amines is 1. The van der Waals surface area contributed by atoms with Crippen LogP contribution in [0.2, 0.25) is 0 Å². The van der Waals surface area contributed by atoms with Gasteiger partial charge in [-0.15, -0.1) is 0 Å². The number of aliphatic imine (C=N–C) groups is 1. The number of carboxylic acid groups (broad SMARTS) is 1. The summed E-state index contributed by atoms with van der Waals surface area (Å²) in [4.78, 5) is 73.0. The van der Waals surface area contributed by atoms with Gasteiger partial charge < -0.3 is 58.8 Å². The molecule has 0 aliphatic carbocycles. The second-order valence-electron chi connectivity index (χ2n) is 9.91. The number of carbonyl (C=O) groups is 5. The first-order chi connectivity index (χ1) is 19.8. The van der Waals surface area contributed by atoms with E-state index in [1.807, 2.05) is 0 Å². The number of nitrogens with zero attached hydrogens (tertiary/aromatic N) is 2. The molecular formula is C24H42N10O8. The Hall–Kier alpha value is -4.29. The summed E-state index contributed by atoms with van der Waals surface area (Å²) in [5.41, 5.74) is 16.9. The number of hydrogen-bond donors (Lipinski definition) is 11. The maximum Gasteiger partial charge on any atom is 0.326 e. The third-order valence-electron chi connectivity index (χ3n) is 5.86. The Bertz CT molecular complexity index is 1060. The van der Waals surface area contributed by atoms with Crippen LogP contribution in [0.25, 0.3) is 0 Å². The topological polar surface area (TPSA) is 313 Å². The van der Waals surface area contributed by atoms with Crippen molar-refractivity contribution >= 4 is 35.6 Å². The van der Waals surface area contributed by atoms with Gasteiger partial charge in [-0.2, -0.15) is 0 Å². The van der Waals surface area contributed by atoms with Crippen LogP contribution in [-0.4, -0.2) is 111 Å². The minimum Gasteiger partial charge on any atom is -0.480 e. The van der Waals surface area contributed by atoms with Crippen molar-refractivity contribution in [1.82, 2.24) is 31.2 Å². The summed E-state index contributed by atoms with van der Waals surface area (Å²) in [6.45, 7) is 1.96. The lowest BCUT2D eigenvalue weighted by Crippen LogP contribution is -2.60. The van der Waals surface area contributed by atoms with Crippen molar-refractivity contribution < 1.29 is 39.3 Å². The summed E-state index contributed by atoms with van der Waals surface area (Å²) in [7, 11) is 0. The van der Waals surface area contributed by atoms with E-state index in [0.717, 1.165) is 0 Å². The minimum atomic E-state index is -1.57. The molecule has 4 amide bonds. The Balaban J connectivity index is 2.84. The fourth-order valence-electron chi connectivity index (χ4n) is 3.67. The zero-order chi connectivity index (χ0) is 31.8. The van der Waals surface area contributed by atoms with Crippen LogP contribution in [0.3, 0.4) is 0 Å². The molecule has 1 rings (SSSR count). The Morgan fingerprint density at radius 1 is 0.905 bits per heavy atom. The second kappa shape index (κ2) is 18.2. The van der Waals surface area contributed by atoms with E-state index in [9.17, 15) is 39.3 Å². The van der Waals surface area contributed by atoms with Gasteiger partial charge in [0.05, 0.1) is 25.6 Å². The van der Waals surface area contributed by atoms with Crippen molar-refractivity contribution in [3.05, 3.63) is 18.2 Å². The van der Waals surface area contributed by atoms with Crippen molar-refractivity contribution in [3.63, 3.8) is 0 Å². The molecule has 0 bridgehead atoms. The third-order valence-corrected chi connectivity index (χ3v) is 5.86. The molecule has 5 atom stereocenters. The smallest absolute Gasteiger partial charge is 0.326 e. The van der Waals surface area contributed by atoms with Crippen molar-refractivity contribution in [3.8, 4) is 0 Å². The molecule has 1 aromatic rings. The normalized spacial score (nSPS) is 14.5. The molecule has 0 aliphatic heterocycles. The quantitative estimate of drug-likeness (QED) is 0.0407. The van der Waals surface area contributed by atoms with E-state index >= 15 is 0 Å². The highest BCUT2D eigenvalue weighted by molar-refractivity contribution is 5.95. The van der Waals surface area contributed by atoms with Crippen LogP contribution in [0.1, 0.15) is 38.8 Å². The van der Waals surface area contributed by atoms with Gasteiger partial charge in [-0.05, 0) is 25.2 Å². The molecule has 0 unspecified atom stereocenters. The predicted octanol–water partition coefficient (Wildman–Crippen LogP) is -4.61.